The van der Waals surface area contributed by atoms with Crippen LogP contribution in [-0.4, -0.2) is 57.3 Å². The number of aromatic amines is 2. The maximum Gasteiger partial charge on any atom is 0.247 e. The lowest BCUT2D eigenvalue weighted by Gasteiger charge is -2.53. The fourth-order valence-electron chi connectivity index (χ4n) is 8.71. The number of carbonyl (C=O) groups excluding carboxylic acids is 2. The highest BCUT2D eigenvalue weighted by atomic mass is 16.7. The van der Waals surface area contributed by atoms with E-state index < -0.39 is 24.2 Å². The minimum atomic E-state index is -0.710. The number of rotatable bonds is 2. The fourth-order valence-corrected chi connectivity index (χ4v) is 8.71. The lowest BCUT2D eigenvalue weighted by Crippen LogP contribution is -2.69. The first-order chi connectivity index (χ1) is 23.6. The summed E-state index contributed by atoms with van der Waals surface area (Å²) in [7, 11) is 0. The van der Waals surface area contributed by atoms with Crippen molar-refractivity contribution in [3.63, 3.8) is 0 Å². The Morgan fingerprint density at radius 3 is 1.46 bits per heavy atom. The fraction of sp³-hybridized carbons (Fsp3) is 0.211. The Hall–Kier alpha value is -5.90. The number of hydrogen-bond donors (Lipinski definition) is 2. The van der Waals surface area contributed by atoms with Crippen molar-refractivity contribution in [1.29, 1.82) is 0 Å². The number of ether oxygens (including phenoxy) is 4. The van der Waals surface area contributed by atoms with Crippen molar-refractivity contribution in [3.8, 4) is 23.0 Å². The van der Waals surface area contributed by atoms with Crippen molar-refractivity contribution in [2.24, 2.45) is 0 Å². The van der Waals surface area contributed by atoms with E-state index in [2.05, 4.69) is 22.1 Å². The van der Waals surface area contributed by atoms with Gasteiger partial charge in [0.1, 0.15) is 12.1 Å². The number of fused-ring (bicyclic) bond motifs is 10. The second-order valence-electron chi connectivity index (χ2n) is 13.1. The van der Waals surface area contributed by atoms with Gasteiger partial charge in [-0.05, 0) is 58.7 Å². The van der Waals surface area contributed by atoms with E-state index in [1.807, 2.05) is 82.6 Å². The Morgan fingerprint density at radius 2 is 0.979 bits per heavy atom. The summed E-state index contributed by atoms with van der Waals surface area (Å²) in [4.78, 5) is 41.4. The minimum absolute atomic E-state index is 0.0757. The number of aromatic nitrogens is 2. The van der Waals surface area contributed by atoms with Crippen LogP contribution in [0.15, 0.2) is 84.9 Å². The van der Waals surface area contributed by atoms with E-state index in [9.17, 15) is 0 Å². The molecule has 10 heteroatoms. The molecule has 11 rings (SSSR count). The zero-order valence-electron chi connectivity index (χ0n) is 25.6. The van der Waals surface area contributed by atoms with Gasteiger partial charge in [-0.15, -0.1) is 0 Å². The predicted octanol–water partition coefficient (Wildman–Crippen LogP) is 5.51. The third-order valence-electron chi connectivity index (χ3n) is 10.8. The van der Waals surface area contributed by atoms with E-state index >= 15 is 9.59 Å². The Morgan fingerprint density at radius 1 is 0.542 bits per heavy atom. The van der Waals surface area contributed by atoms with Gasteiger partial charge in [-0.3, -0.25) is 9.59 Å². The number of para-hydroxylation sites is 2. The normalized spacial score (nSPS) is 23.3. The van der Waals surface area contributed by atoms with Crippen molar-refractivity contribution < 1.29 is 28.5 Å². The third kappa shape index (κ3) is 3.41. The highest BCUT2D eigenvalue weighted by molar-refractivity contribution is 6.01. The molecule has 48 heavy (non-hydrogen) atoms. The highest BCUT2D eigenvalue weighted by Gasteiger charge is 2.56. The predicted molar refractivity (Wildman–Crippen MR) is 174 cm³/mol. The first kappa shape index (κ1) is 26.2. The molecule has 0 saturated carbocycles. The van der Waals surface area contributed by atoms with Crippen molar-refractivity contribution >= 4 is 33.6 Å². The van der Waals surface area contributed by atoms with Crippen molar-refractivity contribution in [3.05, 3.63) is 119 Å². The molecule has 0 aliphatic carbocycles. The standard InChI is InChI=1S/C38H28N4O6/c43-37-27-15-23-21-5-1-3-7-25(21)39-33(23)35(19-9-11-29-31(13-19)47-17-45-29)41(27)38(44)28-16-24-22-6-2-4-8-26(22)40-34(24)36(42(28)37)20-10-12-30-32(14-20)48-18-46-30/h1-14,27-28,35-36,39-40H,15-18H2/t27-,28-,35-,36-/m1/s1. The number of amides is 2. The molecule has 0 unspecified atom stereocenters. The molecule has 1 fully saturated rings. The van der Waals surface area contributed by atoms with Crippen LogP contribution in [0.3, 0.4) is 0 Å². The van der Waals surface area contributed by atoms with E-state index in [0.717, 1.165) is 55.4 Å². The van der Waals surface area contributed by atoms with E-state index in [1.54, 1.807) is 0 Å². The van der Waals surface area contributed by atoms with Gasteiger partial charge in [0, 0.05) is 46.0 Å². The maximum atomic E-state index is 15.2. The first-order valence-electron chi connectivity index (χ1n) is 16.2. The monoisotopic (exact) mass is 636 g/mol. The molecule has 0 spiro atoms. The van der Waals surface area contributed by atoms with Gasteiger partial charge in [0.05, 0.1) is 12.1 Å². The molecular weight excluding hydrogens is 608 g/mol. The largest absolute Gasteiger partial charge is 0.454 e. The molecule has 5 aliphatic rings. The Bertz CT molecular complexity index is 2210. The summed E-state index contributed by atoms with van der Waals surface area (Å²) in [6, 6.07) is 25.5. The van der Waals surface area contributed by atoms with Crippen LogP contribution < -0.4 is 18.9 Å². The SMILES string of the molecule is O=C1[C@H]2Cc3c([nH]c4ccccc34)[C@@H](c3ccc4c(c3)OCO4)N2C(=O)[C@H]2Cc3c([nH]c4ccccc34)[C@@H](c3ccc4c(c3)OCO4)N12. The lowest BCUT2D eigenvalue weighted by atomic mass is 9.80. The summed E-state index contributed by atoms with van der Waals surface area (Å²) in [5.41, 5.74) is 7.64. The molecule has 0 bridgehead atoms. The van der Waals surface area contributed by atoms with Crippen molar-refractivity contribution in [2.75, 3.05) is 13.6 Å². The Labute approximate surface area is 273 Å². The number of H-pyrrole nitrogens is 2. The van der Waals surface area contributed by atoms with Crippen LogP contribution in [0.4, 0.5) is 0 Å². The lowest BCUT2D eigenvalue weighted by molar-refractivity contribution is -0.167. The topological polar surface area (TPSA) is 109 Å². The van der Waals surface area contributed by atoms with Gasteiger partial charge in [0.15, 0.2) is 23.0 Å². The smallest absolute Gasteiger partial charge is 0.247 e. The number of benzene rings is 4. The van der Waals surface area contributed by atoms with Crippen molar-refractivity contribution in [1.82, 2.24) is 19.8 Å². The van der Waals surface area contributed by atoms with Crippen LogP contribution in [0.5, 0.6) is 23.0 Å². The minimum Gasteiger partial charge on any atom is -0.454 e. The van der Waals surface area contributed by atoms with Gasteiger partial charge >= 0.3 is 0 Å². The summed E-state index contributed by atoms with van der Waals surface area (Å²) in [6.07, 6.45) is 0.809. The van der Waals surface area contributed by atoms with Crippen LogP contribution >= 0.6 is 0 Å². The van der Waals surface area contributed by atoms with Crippen LogP contribution in [0, 0.1) is 0 Å². The first-order valence-corrected chi connectivity index (χ1v) is 16.2. The molecule has 5 aliphatic heterocycles. The molecule has 6 aromatic rings. The molecule has 2 N–H and O–H groups in total. The molecule has 0 radical (unpaired) electrons. The zero-order valence-corrected chi connectivity index (χ0v) is 25.6. The number of nitrogens with zero attached hydrogens (tertiary/aromatic N) is 2. The maximum absolute atomic E-state index is 15.2. The van der Waals surface area contributed by atoms with E-state index in [-0.39, 0.29) is 25.4 Å². The molecule has 236 valence electrons. The van der Waals surface area contributed by atoms with Gasteiger partial charge in [0.25, 0.3) is 0 Å². The second-order valence-corrected chi connectivity index (χ2v) is 13.1. The summed E-state index contributed by atoms with van der Waals surface area (Å²) in [5.74, 6) is 2.45. The quantitative estimate of drug-likeness (QED) is 0.260. The van der Waals surface area contributed by atoms with Crippen LogP contribution in [0.25, 0.3) is 21.8 Å². The van der Waals surface area contributed by atoms with Gasteiger partial charge in [-0.2, -0.15) is 0 Å². The molecule has 4 aromatic carbocycles. The summed E-state index contributed by atoms with van der Waals surface area (Å²) < 4.78 is 22.8. The van der Waals surface area contributed by atoms with Crippen LogP contribution in [0.2, 0.25) is 0 Å². The zero-order chi connectivity index (χ0) is 31.7. The summed E-state index contributed by atoms with van der Waals surface area (Å²) in [5, 5.41) is 2.12. The molecule has 4 atom stereocenters. The van der Waals surface area contributed by atoms with E-state index in [1.165, 1.54) is 0 Å². The number of piperazine rings is 1. The summed E-state index contributed by atoms with van der Waals surface area (Å²) in [6.45, 7) is 0.298. The Balaban J connectivity index is 1.12. The molecule has 2 aromatic heterocycles. The average molecular weight is 637 g/mol. The highest BCUT2D eigenvalue weighted by Crippen LogP contribution is 2.50. The average Bonchev–Trinajstić information content (AvgIpc) is 3.92. The molecule has 10 nitrogen and oxygen atoms in total. The molecule has 2 amide bonds. The van der Waals surface area contributed by atoms with E-state index in [0.29, 0.717) is 35.8 Å². The van der Waals surface area contributed by atoms with Gasteiger partial charge < -0.3 is 38.7 Å². The summed E-state index contributed by atoms with van der Waals surface area (Å²) >= 11 is 0. The number of nitrogens with one attached hydrogen (secondary N) is 2. The number of carbonyl (C=O) groups is 2. The number of hydrogen-bond acceptors (Lipinski definition) is 6. The van der Waals surface area contributed by atoms with Gasteiger partial charge in [-0.25, -0.2) is 0 Å². The van der Waals surface area contributed by atoms with Crippen molar-refractivity contribution in [2.45, 2.75) is 37.0 Å². The van der Waals surface area contributed by atoms with E-state index in [4.69, 9.17) is 18.9 Å². The second kappa shape index (κ2) is 9.34. The Kier molecular flexibility index (Phi) is 5.10. The van der Waals surface area contributed by atoms with Gasteiger partial charge in [0.2, 0.25) is 25.4 Å². The molecule has 1 saturated heterocycles. The molecule has 7 heterocycles. The van der Waals surface area contributed by atoms with Crippen LogP contribution in [-0.2, 0) is 22.4 Å². The molecular formula is C38H28N4O6. The van der Waals surface area contributed by atoms with Gasteiger partial charge in [-0.1, -0.05) is 48.5 Å². The third-order valence-corrected chi connectivity index (χ3v) is 10.8. The van der Waals surface area contributed by atoms with Crippen LogP contribution in [0.1, 0.15) is 45.7 Å².